The topological polar surface area (TPSA) is 103 Å². The second-order valence-electron chi connectivity index (χ2n) is 7.43. The first-order chi connectivity index (χ1) is 14.3. The van der Waals surface area contributed by atoms with Crippen molar-refractivity contribution in [1.29, 1.82) is 0 Å². The second kappa shape index (κ2) is 10.2. The minimum atomic E-state index is -1.09. The van der Waals surface area contributed by atoms with Crippen molar-refractivity contribution in [1.82, 2.24) is 5.32 Å². The summed E-state index contributed by atoms with van der Waals surface area (Å²) in [4.78, 5) is 41.6. The van der Waals surface area contributed by atoms with E-state index < -0.39 is 23.4 Å². The summed E-state index contributed by atoms with van der Waals surface area (Å²) in [6.07, 6.45) is 1.88. The molecule has 1 fully saturated rings. The largest absolute Gasteiger partial charge is 0.497 e. The molecule has 1 N–H and O–H groups in total. The highest BCUT2D eigenvalue weighted by molar-refractivity contribution is 6.08. The number of ether oxygens (including phenoxy) is 3. The van der Waals surface area contributed by atoms with Gasteiger partial charge in [-0.25, -0.2) is 4.79 Å². The molecule has 1 aromatic carbocycles. The molecular formula is C22H30N2O6. The monoisotopic (exact) mass is 418 g/mol. The average molecular weight is 418 g/mol. The van der Waals surface area contributed by atoms with Crippen LogP contribution < -0.4 is 10.1 Å². The summed E-state index contributed by atoms with van der Waals surface area (Å²) in [7, 11) is 4.17. The lowest BCUT2D eigenvalue weighted by molar-refractivity contribution is -0.152. The van der Waals surface area contributed by atoms with Gasteiger partial charge in [-0.05, 0) is 50.3 Å². The zero-order valence-corrected chi connectivity index (χ0v) is 18.2. The summed E-state index contributed by atoms with van der Waals surface area (Å²) in [6.45, 7) is 3.26. The zero-order valence-electron chi connectivity index (χ0n) is 18.2. The molecule has 1 aliphatic rings. The summed E-state index contributed by atoms with van der Waals surface area (Å²) in [5, 5.41) is 2.59. The molecule has 0 unspecified atom stereocenters. The normalized spacial score (nSPS) is 21.6. The van der Waals surface area contributed by atoms with Crippen LogP contribution in [0.25, 0.3) is 0 Å². The van der Waals surface area contributed by atoms with Crippen molar-refractivity contribution in [3.63, 3.8) is 0 Å². The number of nitrogens with one attached hydrogen (secondary N) is 1. The zero-order chi connectivity index (χ0) is 22.3. The van der Waals surface area contributed by atoms with Crippen LogP contribution in [0.4, 0.5) is 0 Å². The Balaban J connectivity index is 2.40. The van der Waals surface area contributed by atoms with Crippen LogP contribution in [0.1, 0.15) is 51.1 Å². The number of rotatable bonds is 8. The number of nitrogens with zero attached hydrogens (tertiary/aromatic N) is 1. The number of methoxy groups -OCH3 is 3. The number of carbonyl (C=O) groups is 3. The van der Waals surface area contributed by atoms with Crippen molar-refractivity contribution >= 4 is 23.6 Å². The number of amides is 1. The third-order valence-electron chi connectivity index (χ3n) is 5.51. The SMILES string of the molecule is COC(=O)[C@H](C[C@@]1(C(=O)OC)CCCC1=N[C@@H](C)c1ccc(OC)cc1)NC(C)=O. The van der Waals surface area contributed by atoms with E-state index in [1.54, 1.807) is 7.11 Å². The molecule has 0 aromatic heterocycles. The number of aliphatic imine (C=N–C) groups is 1. The number of hydrogen-bond acceptors (Lipinski definition) is 7. The predicted octanol–water partition coefficient (Wildman–Crippen LogP) is 2.61. The van der Waals surface area contributed by atoms with Crippen LogP contribution in [0.2, 0.25) is 0 Å². The molecule has 0 bridgehead atoms. The van der Waals surface area contributed by atoms with Crippen LogP contribution in [-0.4, -0.2) is 50.9 Å². The van der Waals surface area contributed by atoms with Gasteiger partial charge in [0.25, 0.3) is 0 Å². The van der Waals surface area contributed by atoms with E-state index in [-0.39, 0.29) is 18.4 Å². The van der Waals surface area contributed by atoms with Crippen LogP contribution in [0, 0.1) is 5.41 Å². The molecule has 0 heterocycles. The van der Waals surface area contributed by atoms with E-state index in [1.165, 1.54) is 21.1 Å². The molecule has 0 saturated heterocycles. The van der Waals surface area contributed by atoms with Gasteiger partial charge >= 0.3 is 11.9 Å². The maximum Gasteiger partial charge on any atom is 0.328 e. The summed E-state index contributed by atoms with van der Waals surface area (Å²) in [5.41, 5.74) is 0.564. The Morgan fingerprint density at radius 3 is 2.33 bits per heavy atom. The molecule has 8 nitrogen and oxygen atoms in total. The number of carbonyl (C=O) groups excluding carboxylic acids is 3. The maximum atomic E-state index is 12.9. The van der Waals surface area contributed by atoms with E-state index in [0.29, 0.717) is 18.6 Å². The van der Waals surface area contributed by atoms with Crippen molar-refractivity contribution in [2.24, 2.45) is 10.4 Å². The minimum Gasteiger partial charge on any atom is -0.497 e. The Bertz CT molecular complexity index is 804. The number of benzene rings is 1. The fraction of sp³-hybridized carbons (Fsp3) is 0.545. The van der Waals surface area contributed by atoms with Crippen molar-refractivity contribution in [2.45, 2.75) is 51.6 Å². The molecule has 8 heteroatoms. The Morgan fingerprint density at radius 1 is 1.13 bits per heavy atom. The molecule has 0 aliphatic heterocycles. The molecule has 1 saturated carbocycles. The summed E-state index contributed by atoms with van der Waals surface area (Å²) in [6, 6.07) is 6.40. The van der Waals surface area contributed by atoms with Gasteiger partial charge in [-0.1, -0.05) is 12.1 Å². The molecule has 0 radical (unpaired) electrons. The van der Waals surface area contributed by atoms with Gasteiger partial charge in [0.15, 0.2) is 0 Å². The Morgan fingerprint density at radius 2 is 1.80 bits per heavy atom. The Hall–Kier alpha value is -2.90. The standard InChI is InChI=1S/C22H30N2O6/c1-14(16-8-10-17(28-3)11-9-16)23-19-7-6-12-22(19,21(27)30-5)13-18(20(26)29-4)24-15(2)25/h8-11,14,18H,6-7,12-13H2,1-5H3,(H,24,25)/t14-,18-,22-/m0/s1. The molecule has 1 amide bonds. The van der Waals surface area contributed by atoms with E-state index in [2.05, 4.69) is 5.32 Å². The van der Waals surface area contributed by atoms with Gasteiger partial charge in [-0.3, -0.25) is 14.6 Å². The molecule has 30 heavy (non-hydrogen) atoms. The van der Waals surface area contributed by atoms with Crippen molar-refractivity contribution in [3.05, 3.63) is 29.8 Å². The van der Waals surface area contributed by atoms with Gasteiger partial charge in [0.05, 0.1) is 27.4 Å². The first-order valence-electron chi connectivity index (χ1n) is 9.91. The highest BCUT2D eigenvalue weighted by atomic mass is 16.5. The van der Waals surface area contributed by atoms with Crippen molar-refractivity contribution < 1.29 is 28.6 Å². The van der Waals surface area contributed by atoms with Gasteiger partial charge in [-0.15, -0.1) is 0 Å². The van der Waals surface area contributed by atoms with Gasteiger partial charge in [0, 0.05) is 12.6 Å². The number of esters is 2. The second-order valence-corrected chi connectivity index (χ2v) is 7.43. The summed E-state index contributed by atoms with van der Waals surface area (Å²) in [5.74, 6) is -0.698. The lowest BCUT2D eigenvalue weighted by Gasteiger charge is -2.31. The van der Waals surface area contributed by atoms with Crippen LogP contribution in [0.3, 0.4) is 0 Å². The van der Waals surface area contributed by atoms with Gasteiger partial charge < -0.3 is 19.5 Å². The molecule has 1 aliphatic carbocycles. The lowest BCUT2D eigenvalue weighted by Crippen LogP contribution is -2.48. The van der Waals surface area contributed by atoms with Crippen LogP contribution in [-0.2, 0) is 23.9 Å². The molecule has 0 spiro atoms. The quantitative estimate of drug-likeness (QED) is 0.651. The first kappa shape index (κ1) is 23.4. The fourth-order valence-electron chi connectivity index (χ4n) is 3.97. The third-order valence-corrected chi connectivity index (χ3v) is 5.51. The Labute approximate surface area is 177 Å². The maximum absolute atomic E-state index is 12.9. The summed E-state index contributed by atoms with van der Waals surface area (Å²) < 4.78 is 15.1. The first-order valence-corrected chi connectivity index (χ1v) is 9.91. The van der Waals surface area contributed by atoms with E-state index in [4.69, 9.17) is 19.2 Å². The lowest BCUT2D eigenvalue weighted by atomic mass is 9.78. The van der Waals surface area contributed by atoms with E-state index >= 15 is 0 Å². The highest BCUT2D eigenvalue weighted by Gasteiger charge is 2.50. The summed E-state index contributed by atoms with van der Waals surface area (Å²) >= 11 is 0. The third kappa shape index (κ3) is 5.17. The fourth-order valence-corrected chi connectivity index (χ4v) is 3.97. The molecule has 2 rings (SSSR count). The van der Waals surface area contributed by atoms with E-state index in [9.17, 15) is 14.4 Å². The highest BCUT2D eigenvalue weighted by Crippen LogP contribution is 2.42. The van der Waals surface area contributed by atoms with Gasteiger partial charge in [0.2, 0.25) is 5.91 Å². The van der Waals surface area contributed by atoms with Gasteiger partial charge in [0.1, 0.15) is 17.2 Å². The molecule has 164 valence electrons. The van der Waals surface area contributed by atoms with Crippen LogP contribution in [0.15, 0.2) is 29.3 Å². The van der Waals surface area contributed by atoms with Crippen LogP contribution in [0.5, 0.6) is 5.75 Å². The van der Waals surface area contributed by atoms with Crippen molar-refractivity contribution in [2.75, 3.05) is 21.3 Å². The van der Waals surface area contributed by atoms with E-state index in [0.717, 1.165) is 17.7 Å². The molecule has 1 aromatic rings. The number of hydrogen-bond donors (Lipinski definition) is 1. The predicted molar refractivity (Wildman–Crippen MR) is 111 cm³/mol. The smallest absolute Gasteiger partial charge is 0.328 e. The van der Waals surface area contributed by atoms with Crippen molar-refractivity contribution in [3.8, 4) is 5.75 Å². The van der Waals surface area contributed by atoms with Crippen LogP contribution >= 0.6 is 0 Å². The van der Waals surface area contributed by atoms with E-state index in [1.807, 2.05) is 31.2 Å². The minimum absolute atomic E-state index is 0.0418. The molecule has 3 atom stereocenters. The average Bonchev–Trinajstić information content (AvgIpc) is 3.14. The molecular weight excluding hydrogens is 388 g/mol. The van der Waals surface area contributed by atoms with Gasteiger partial charge in [-0.2, -0.15) is 0 Å². The Kier molecular flexibility index (Phi) is 7.97.